The van der Waals surface area contributed by atoms with Crippen LogP contribution in [0.4, 0.5) is 4.39 Å². The van der Waals surface area contributed by atoms with E-state index < -0.39 is 0 Å². The molecule has 0 saturated heterocycles. The molecule has 1 aromatic carbocycles. The minimum atomic E-state index is -0.372. The molecular weight excluding hydrogens is 259 g/mol. The van der Waals surface area contributed by atoms with Crippen molar-refractivity contribution in [3.05, 3.63) is 35.6 Å². The van der Waals surface area contributed by atoms with Gasteiger partial charge in [-0.1, -0.05) is 0 Å². The van der Waals surface area contributed by atoms with Crippen LogP contribution in [-0.2, 0) is 4.79 Å². The molecule has 20 heavy (non-hydrogen) atoms. The number of carbonyl (C=O) groups is 2. The van der Waals surface area contributed by atoms with Crippen LogP contribution >= 0.6 is 0 Å². The summed E-state index contributed by atoms with van der Waals surface area (Å²) in [6.07, 6.45) is 1.01. The lowest BCUT2D eigenvalue weighted by Gasteiger charge is -2.24. The molecule has 0 spiro atoms. The fraction of sp³-hybridized carbons (Fsp3) is 0.467. The first-order chi connectivity index (χ1) is 9.40. The van der Waals surface area contributed by atoms with Crippen molar-refractivity contribution in [2.75, 3.05) is 13.1 Å². The van der Waals surface area contributed by atoms with Gasteiger partial charge in [0.1, 0.15) is 5.82 Å². The van der Waals surface area contributed by atoms with Crippen molar-refractivity contribution in [3.8, 4) is 0 Å². The number of nitrogens with zero attached hydrogens (tertiary/aromatic N) is 1. The van der Waals surface area contributed by atoms with E-state index in [4.69, 9.17) is 5.73 Å². The Morgan fingerprint density at radius 3 is 2.35 bits per heavy atom. The van der Waals surface area contributed by atoms with E-state index in [1.807, 2.05) is 18.7 Å². The summed E-state index contributed by atoms with van der Waals surface area (Å²) in [7, 11) is 0. The van der Waals surface area contributed by atoms with Crippen LogP contribution in [0.5, 0.6) is 0 Å². The largest absolute Gasteiger partial charge is 0.369 e. The van der Waals surface area contributed by atoms with Crippen molar-refractivity contribution < 1.29 is 14.0 Å². The van der Waals surface area contributed by atoms with Gasteiger partial charge in [-0.05, 0) is 51.1 Å². The zero-order chi connectivity index (χ0) is 15.1. The van der Waals surface area contributed by atoms with Crippen LogP contribution in [0, 0.1) is 5.82 Å². The summed E-state index contributed by atoms with van der Waals surface area (Å²) in [6, 6.07) is 5.73. The molecule has 1 amide bonds. The van der Waals surface area contributed by atoms with Gasteiger partial charge in [0, 0.05) is 18.0 Å². The number of hydrogen-bond donors (Lipinski definition) is 1. The van der Waals surface area contributed by atoms with Crippen molar-refractivity contribution >= 4 is 11.7 Å². The van der Waals surface area contributed by atoms with E-state index in [0.717, 1.165) is 0 Å². The van der Waals surface area contributed by atoms with Crippen LogP contribution in [-0.4, -0.2) is 35.7 Å². The molecule has 2 N–H and O–H groups in total. The minimum Gasteiger partial charge on any atom is -0.369 e. The normalized spacial score (nSPS) is 11.1. The fourth-order valence-electron chi connectivity index (χ4n) is 1.94. The number of Topliss-reactive ketones (excluding diaryl/α,β-unsaturated/α-hetero) is 1. The Morgan fingerprint density at radius 1 is 1.25 bits per heavy atom. The van der Waals surface area contributed by atoms with Gasteiger partial charge in [0.2, 0.25) is 5.91 Å². The van der Waals surface area contributed by atoms with Crippen LogP contribution < -0.4 is 5.73 Å². The van der Waals surface area contributed by atoms with Gasteiger partial charge in [-0.25, -0.2) is 4.39 Å². The van der Waals surface area contributed by atoms with Gasteiger partial charge < -0.3 is 5.73 Å². The van der Waals surface area contributed by atoms with E-state index in [2.05, 4.69) is 0 Å². The zero-order valence-electron chi connectivity index (χ0n) is 11.9. The van der Waals surface area contributed by atoms with Crippen molar-refractivity contribution in [2.45, 2.75) is 32.7 Å². The van der Waals surface area contributed by atoms with Crippen molar-refractivity contribution in [3.63, 3.8) is 0 Å². The Balaban J connectivity index is 2.44. The number of halogens is 1. The summed E-state index contributed by atoms with van der Waals surface area (Å²) >= 11 is 0. The molecule has 0 saturated carbocycles. The van der Waals surface area contributed by atoms with Crippen LogP contribution in [0.3, 0.4) is 0 Å². The lowest BCUT2D eigenvalue weighted by atomic mass is 10.1. The molecule has 1 rings (SSSR count). The van der Waals surface area contributed by atoms with Crippen LogP contribution in [0.2, 0.25) is 0 Å². The second kappa shape index (κ2) is 7.75. The predicted octanol–water partition coefficient (Wildman–Crippen LogP) is 1.98. The van der Waals surface area contributed by atoms with Gasteiger partial charge in [0.15, 0.2) is 5.78 Å². The smallest absolute Gasteiger partial charge is 0.231 e. The third-order valence-corrected chi connectivity index (χ3v) is 3.10. The molecule has 0 bridgehead atoms. The van der Waals surface area contributed by atoms with Gasteiger partial charge in [-0.2, -0.15) is 0 Å². The lowest BCUT2D eigenvalue weighted by Crippen LogP contribution is -2.39. The number of benzene rings is 1. The number of nitrogens with two attached hydrogens (primary N) is 1. The van der Waals surface area contributed by atoms with Crippen molar-refractivity contribution in [1.29, 1.82) is 0 Å². The molecule has 0 aromatic heterocycles. The van der Waals surface area contributed by atoms with Crippen molar-refractivity contribution in [2.24, 2.45) is 5.73 Å². The van der Waals surface area contributed by atoms with E-state index in [0.29, 0.717) is 24.9 Å². The maximum absolute atomic E-state index is 12.8. The third-order valence-electron chi connectivity index (χ3n) is 3.10. The Kier molecular flexibility index (Phi) is 6.31. The molecular formula is C15H21FN2O2. The molecule has 0 heterocycles. The number of hydrogen-bond acceptors (Lipinski definition) is 3. The second-order valence-electron chi connectivity index (χ2n) is 5.06. The number of primary amides is 1. The molecule has 0 aliphatic heterocycles. The van der Waals surface area contributed by atoms with Crippen LogP contribution in [0.15, 0.2) is 24.3 Å². The average molecular weight is 280 g/mol. The van der Waals surface area contributed by atoms with Crippen molar-refractivity contribution in [1.82, 2.24) is 4.90 Å². The maximum Gasteiger partial charge on any atom is 0.231 e. The van der Waals surface area contributed by atoms with Gasteiger partial charge >= 0.3 is 0 Å². The topological polar surface area (TPSA) is 63.4 Å². The van der Waals surface area contributed by atoms with Crippen LogP contribution in [0.1, 0.15) is 37.0 Å². The highest BCUT2D eigenvalue weighted by molar-refractivity contribution is 5.95. The van der Waals surface area contributed by atoms with E-state index >= 15 is 0 Å². The SMILES string of the molecule is CC(C)N(CCCC(=O)c1ccc(F)cc1)CC(N)=O. The summed E-state index contributed by atoms with van der Waals surface area (Å²) in [6.45, 7) is 4.78. The number of ketones is 1. The third kappa shape index (κ3) is 5.48. The summed E-state index contributed by atoms with van der Waals surface area (Å²) < 4.78 is 12.8. The quantitative estimate of drug-likeness (QED) is 0.741. The van der Waals surface area contributed by atoms with Gasteiger partial charge in [0.25, 0.3) is 0 Å². The summed E-state index contributed by atoms with van der Waals surface area (Å²) in [5.74, 6) is -0.745. The highest BCUT2D eigenvalue weighted by Crippen LogP contribution is 2.08. The summed E-state index contributed by atoms with van der Waals surface area (Å²) in [4.78, 5) is 24.8. The first-order valence-electron chi connectivity index (χ1n) is 6.71. The predicted molar refractivity (Wildman–Crippen MR) is 75.9 cm³/mol. The molecule has 0 atom stereocenters. The first-order valence-corrected chi connectivity index (χ1v) is 6.71. The fourth-order valence-corrected chi connectivity index (χ4v) is 1.94. The molecule has 0 unspecified atom stereocenters. The molecule has 0 radical (unpaired) electrons. The highest BCUT2D eigenvalue weighted by atomic mass is 19.1. The number of carbonyl (C=O) groups excluding carboxylic acids is 2. The highest BCUT2D eigenvalue weighted by Gasteiger charge is 2.13. The molecule has 0 aliphatic carbocycles. The molecule has 4 nitrogen and oxygen atoms in total. The Morgan fingerprint density at radius 2 is 1.85 bits per heavy atom. The van der Waals surface area contributed by atoms with E-state index in [-0.39, 0.29) is 30.1 Å². The average Bonchev–Trinajstić information content (AvgIpc) is 2.37. The molecule has 0 aliphatic rings. The molecule has 110 valence electrons. The maximum atomic E-state index is 12.8. The molecule has 1 aromatic rings. The van der Waals surface area contributed by atoms with E-state index in [9.17, 15) is 14.0 Å². The zero-order valence-corrected chi connectivity index (χ0v) is 11.9. The molecule has 0 fully saturated rings. The second-order valence-corrected chi connectivity index (χ2v) is 5.06. The number of amides is 1. The minimum absolute atomic E-state index is 0.0206. The molecule has 5 heteroatoms. The monoisotopic (exact) mass is 280 g/mol. The van der Waals surface area contributed by atoms with E-state index in [1.165, 1.54) is 24.3 Å². The van der Waals surface area contributed by atoms with Gasteiger partial charge in [-0.3, -0.25) is 14.5 Å². The van der Waals surface area contributed by atoms with Gasteiger partial charge in [0.05, 0.1) is 6.54 Å². The summed E-state index contributed by atoms with van der Waals surface area (Å²) in [5, 5.41) is 0. The Labute approximate surface area is 118 Å². The summed E-state index contributed by atoms with van der Waals surface area (Å²) in [5.41, 5.74) is 5.70. The van der Waals surface area contributed by atoms with Crippen LogP contribution in [0.25, 0.3) is 0 Å². The Hall–Kier alpha value is -1.75. The first kappa shape index (κ1) is 16.3. The standard InChI is InChI=1S/C15H21FN2O2/c1-11(2)18(10-15(17)20)9-3-4-14(19)12-5-7-13(16)8-6-12/h5-8,11H,3-4,9-10H2,1-2H3,(H2,17,20). The number of rotatable bonds is 8. The lowest BCUT2D eigenvalue weighted by molar-refractivity contribution is -0.119. The Bertz CT molecular complexity index is 457. The van der Waals surface area contributed by atoms with Gasteiger partial charge in [-0.15, -0.1) is 0 Å². The van der Waals surface area contributed by atoms with E-state index in [1.54, 1.807) is 0 Å².